The average molecular weight is 342 g/mol. The predicted octanol–water partition coefficient (Wildman–Crippen LogP) is 1.03. The third-order valence-corrected chi connectivity index (χ3v) is 6.43. The third-order valence-electron chi connectivity index (χ3n) is 4.29. The molecule has 0 spiro atoms. The Bertz CT molecular complexity index is 644. The topological polar surface area (TPSA) is 95.9 Å². The minimum absolute atomic E-state index is 0.161. The predicted molar refractivity (Wildman–Crippen MR) is 83.9 cm³/mol. The normalized spacial score (nSPS) is 22.6. The van der Waals surface area contributed by atoms with E-state index in [1.54, 1.807) is 17.6 Å². The first-order valence-electron chi connectivity index (χ1n) is 7.50. The van der Waals surface area contributed by atoms with Crippen molar-refractivity contribution in [3.05, 3.63) is 24.3 Å². The number of nitrogens with one attached hydrogen (secondary N) is 1. The number of hydrogen-bond acceptors (Lipinski definition) is 6. The van der Waals surface area contributed by atoms with Gasteiger partial charge in [0.05, 0.1) is 12.0 Å². The Kier molecular flexibility index (Phi) is 5.61. The van der Waals surface area contributed by atoms with Crippen molar-refractivity contribution in [2.24, 2.45) is 5.92 Å². The van der Waals surface area contributed by atoms with Gasteiger partial charge in [0, 0.05) is 12.5 Å². The molecule has 1 amide bonds. The monoisotopic (exact) mass is 342 g/mol. The van der Waals surface area contributed by atoms with Crippen LogP contribution in [0.4, 0.5) is 0 Å². The van der Waals surface area contributed by atoms with E-state index in [1.165, 1.54) is 19.2 Å². The molecular formula is C15H22N2O5S. The van der Waals surface area contributed by atoms with Crippen molar-refractivity contribution in [2.45, 2.75) is 30.0 Å². The van der Waals surface area contributed by atoms with Crippen LogP contribution in [0.5, 0.6) is 5.75 Å². The summed E-state index contributed by atoms with van der Waals surface area (Å²) < 4.78 is 30.9. The van der Waals surface area contributed by atoms with Crippen molar-refractivity contribution >= 4 is 15.7 Å². The molecule has 2 N–H and O–H groups in total. The lowest BCUT2D eigenvalue weighted by molar-refractivity contribution is -0.135. The van der Waals surface area contributed by atoms with Crippen LogP contribution < -0.4 is 10.2 Å². The van der Waals surface area contributed by atoms with Crippen molar-refractivity contribution < 1.29 is 23.2 Å². The van der Waals surface area contributed by atoms with E-state index in [2.05, 4.69) is 0 Å². The number of hydroxylamine groups is 1. The van der Waals surface area contributed by atoms with Gasteiger partial charge in [0.1, 0.15) is 11.1 Å². The molecule has 0 saturated carbocycles. The molecule has 23 heavy (non-hydrogen) atoms. The molecular weight excluding hydrogens is 320 g/mol. The van der Waals surface area contributed by atoms with Crippen molar-refractivity contribution in [1.29, 1.82) is 0 Å². The Labute approximate surface area is 136 Å². The number of amides is 1. The Morgan fingerprint density at radius 1 is 1.39 bits per heavy atom. The number of benzene rings is 1. The van der Waals surface area contributed by atoms with Gasteiger partial charge in [-0.25, -0.2) is 13.9 Å². The van der Waals surface area contributed by atoms with Gasteiger partial charge in [0.25, 0.3) is 0 Å². The molecule has 0 aromatic heterocycles. The van der Waals surface area contributed by atoms with Gasteiger partial charge in [-0.15, -0.1) is 0 Å². The Morgan fingerprint density at radius 3 is 2.57 bits per heavy atom. The lowest BCUT2D eigenvalue weighted by Crippen LogP contribution is -2.49. The summed E-state index contributed by atoms with van der Waals surface area (Å²) in [5.41, 5.74) is 1.63. The van der Waals surface area contributed by atoms with E-state index in [0.29, 0.717) is 25.3 Å². The zero-order valence-corrected chi connectivity index (χ0v) is 14.0. The fourth-order valence-corrected chi connectivity index (χ4v) is 4.87. The number of nitrogens with zero attached hydrogens (tertiary/aromatic N) is 1. The molecule has 1 aromatic carbocycles. The van der Waals surface area contributed by atoms with E-state index >= 15 is 0 Å². The Morgan fingerprint density at radius 2 is 2.04 bits per heavy atom. The molecule has 8 heteroatoms. The Balaban J connectivity index is 2.31. The van der Waals surface area contributed by atoms with Gasteiger partial charge in [-0.2, -0.15) is 0 Å². The minimum Gasteiger partial charge on any atom is -0.497 e. The molecule has 1 aliphatic heterocycles. The highest BCUT2D eigenvalue weighted by Gasteiger charge is 2.39. The minimum atomic E-state index is -3.61. The number of likely N-dealkylation sites (tertiary alicyclic amines) is 1. The van der Waals surface area contributed by atoms with Gasteiger partial charge in [-0.1, -0.05) is 6.92 Å². The summed E-state index contributed by atoms with van der Waals surface area (Å²) in [7, 11) is -2.10. The van der Waals surface area contributed by atoms with Crippen LogP contribution in [0.25, 0.3) is 0 Å². The summed E-state index contributed by atoms with van der Waals surface area (Å²) in [6.07, 6.45) is 0.684. The fourth-order valence-electron chi connectivity index (χ4n) is 2.91. The molecule has 7 nitrogen and oxygen atoms in total. The molecule has 1 heterocycles. The highest BCUT2D eigenvalue weighted by Crippen LogP contribution is 2.31. The van der Waals surface area contributed by atoms with Gasteiger partial charge in [-0.3, -0.25) is 14.9 Å². The average Bonchev–Trinajstić information content (AvgIpc) is 2.60. The highest BCUT2D eigenvalue weighted by atomic mass is 32.2. The largest absolute Gasteiger partial charge is 0.497 e. The Hall–Kier alpha value is -1.64. The first-order chi connectivity index (χ1) is 10.9. The highest BCUT2D eigenvalue weighted by molar-refractivity contribution is 7.92. The number of carbonyl (C=O) groups is 1. The number of ether oxygens (including phenoxy) is 1. The van der Waals surface area contributed by atoms with Gasteiger partial charge in [0.2, 0.25) is 5.91 Å². The van der Waals surface area contributed by atoms with E-state index in [-0.39, 0.29) is 11.3 Å². The maximum absolute atomic E-state index is 12.9. The standard InChI is InChI=1S/C15H22N2O5S/c1-3-17-9-8-11(15(18)16-19)10-14(17)23(20,21)13-6-4-12(22-2)5-7-13/h4-7,11,14,19H,3,8-10H2,1-2H3,(H,16,18). The zero-order valence-electron chi connectivity index (χ0n) is 13.2. The third kappa shape index (κ3) is 3.65. The summed E-state index contributed by atoms with van der Waals surface area (Å²) >= 11 is 0. The van der Waals surface area contributed by atoms with Crippen LogP contribution in [0.1, 0.15) is 19.8 Å². The number of carbonyl (C=O) groups excluding carboxylic acids is 1. The summed E-state index contributed by atoms with van der Waals surface area (Å²) in [6, 6.07) is 6.23. The maximum Gasteiger partial charge on any atom is 0.246 e. The first kappa shape index (κ1) is 17.7. The fraction of sp³-hybridized carbons (Fsp3) is 0.533. The number of hydrogen-bond donors (Lipinski definition) is 2. The van der Waals surface area contributed by atoms with E-state index in [4.69, 9.17) is 9.94 Å². The van der Waals surface area contributed by atoms with Crippen LogP contribution in [-0.2, 0) is 14.6 Å². The number of sulfone groups is 1. The van der Waals surface area contributed by atoms with Crippen LogP contribution in [0.2, 0.25) is 0 Å². The van der Waals surface area contributed by atoms with Crippen LogP contribution in [-0.4, -0.2) is 50.0 Å². The SMILES string of the molecule is CCN1CCC(C(=O)NO)CC1S(=O)(=O)c1ccc(OC)cc1. The summed E-state index contributed by atoms with van der Waals surface area (Å²) in [4.78, 5) is 13.7. The number of methoxy groups -OCH3 is 1. The number of piperidine rings is 1. The van der Waals surface area contributed by atoms with Gasteiger partial charge < -0.3 is 4.74 Å². The quantitative estimate of drug-likeness (QED) is 0.613. The van der Waals surface area contributed by atoms with E-state index in [9.17, 15) is 13.2 Å². The number of rotatable bonds is 5. The van der Waals surface area contributed by atoms with Crippen molar-refractivity contribution in [2.75, 3.05) is 20.2 Å². The van der Waals surface area contributed by atoms with Crippen molar-refractivity contribution in [3.8, 4) is 5.75 Å². The van der Waals surface area contributed by atoms with Gasteiger partial charge in [0.15, 0.2) is 9.84 Å². The van der Waals surface area contributed by atoms with E-state index in [0.717, 1.165) is 0 Å². The van der Waals surface area contributed by atoms with Gasteiger partial charge >= 0.3 is 0 Å². The molecule has 0 aliphatic carbocycles. The molecule has 1 aromatic rings. The molecule has 1 fully saturated rings. The second kappa shape index (κ2) is 7.29. The molecule has 2 atom stereocenters. The molecule has 128 valence electrons. The molecule has 0 radical (unpaired) electrons. The summed E-state index contributed by atoms with van der Waals surface area (Å²) in [5, 5.41) is 8.02. The molecule has 2 rings (SSSR count). The second-order valence-corrected chi connectivity index (χ2v) is 7.61. The lowest BCUT2D eigenvalue weighted by atomic mass is 9.96. The van der Waals surface area contributed by atoms with Crippen molar-refractivity contribution in [1.82, 2.24) is 10.4 Å². The van der Waals surface area contributed by atoms with Gasteiger partial charge in [-0.05, 0) is 43.7 Å². The first-order valence-corrected chi connectivity index (χ1v) is 9.04. The zero-order chi connectivity index (χ0) is 17.0. The smallest absolute Gasteiger partial charge is 0.246 e. The maximum atomic E-state index is 12.9. The summed E-state index contributed by atoms with van der Waals surface area (Å²) in [5.74, 6) is -0.464. The van der Waals surface area contributed by atoms with Crippen LogP contribution in [0, 0.1) is 5.92 Å². The van der Waals surface area contributed by atoms with Crippen LogP contribution in [0.15, 0.2) is 29.2 Å². The van der Waals surface area contributed by atoms with E-state index in [1.807, 2.05) is 11.8 Å². The molecule has 1 saturated heterocycles. The molecule has 1 aliphatic rings. The van der Waals surface area contributed by atoms with Crippen LogP contribution in [0.3, 0.4) is 0 Å². The van der Waals surface area contributed by atoms with E-state index < -0.39 is 27.0 Å². The molecule has 2 unspecified atom stereocenters. The second-order valence-electron chi connectivity index (χ2n) is 5.50. The van der Waals surface area contributed by atoms with Crippen molar-refractivity contribution in [3.63, 3.8) is 0 Å². The molecule has 0 bridgehead atoms. The van der Waals surface area contributed by atoms with Crippen LogP contribution >= 0.6 is 0 Å². The lowest BCUT2D eigenvalue weighted by Gasteiger charge is -2.37. The summed E-state index contributed by atoms with van der Waals surface area (Å²) in [6.45, 7) is 2.96.